The fourth-order valence-electron chi connectivity index (χ4n) is 2.18. The Morgan fingerprint density at radius 1 is 1.13 bits per heavy atom. The van der Waals surface area contributed by atoms with Crippen LogP contribution in [0.15, 0.2) is 41.3 Å². The summed E-state index contributed by atoms with van der Waals surface area (Å²) in [6.07, 6.45) is 0.848. The summed E-state index contributed by atoms with van der Waals surface area (Å²) in [5, 5.41) is 1.64. The zero-order valence-electron chi connectivity index (χ0n) is 13.5. The average molecular weight is 335 g/mol. The topological polar surface area (TPSA) is 72.5 Å². The molecule has 0 aliphatic rings. The Morgan fingerprint density at radius 3 is 2.43 bits per heavy atom. The van der Waals surface area contributed by atoms with E-state index in [1.807, 2.05) is 19.9 Å². The maximum atomic E-state index is 12.3. The second kappa shape index (κ2) is 7.00. The highest BCUT2D eigenvalue weighted by Gasteiger charge is 2.18. The first-order valence-electron chi connectivity index (χ1n) is 7.45. The number of rotatable bonds is 6. The molecule has 5 nitrogen and oxygen atoms in total. The van der Waals surface area contributed by atoms with Crippen molar-refractivity contribution in [2.75, 3.05) is 7.11 Å². The summed E-state index contributed by atoms with van der Waals surface area (Å²) in [6, 6.07) is 10.1. The maximum Gasteiger partial charge on any atom is 0.264 e. The summed E-state index contributed by atoms with van der Waals surface area (Å²) in [5.74, 6) is 0.572. The first-order chi connectivity index (χ1) is 10.8. The van der Waals surface area contributed by atoms with Crippen LogP contribution in [-0.2, 0) is 14.8 Å². The molecule has 0 atom stereocenters. The molecule has 0 aliphatic heterocycles. The van der Waals surface area contributed by atoms with Crippen LogP contribution < -0.4 is 9.46 Å². The van der Waals surface area contributed by atoms with Gasteiger partial charge in [-0.1, -0.05) is 26.0 Å². The number of hydrogen-bond donors (Lipinski definition) is 1. The first-order valence-corrected chi connectivity index (χ1v) is 8.93. The Hall–Kier alpha value is -2.08. The van der Waals surface area contributed by atoms with Crippen LogP contribution in [0.25, 0.3) is 10.8 Å². The molecule has 0 bridgehead atoms. The minimum Gasteiger partial charge on any atom is -0.497 e. The molecule has 0 aliphatic carbocycles. The van der Waals surface area contributed by atoms with E-state index >= 15 is 0 Å². The van der Waals surface area contributed by atoms with Gasteiger partial charge in [-0.25, -0.2) is 13.1 Å². The standard InChI is InChI=1S/C17H21NO4S/c1-12(2)4-9-17(19)18-23(20,21)16-8-6-13-10-15(22-3)7-5-14(13)11-16/h5-8,10-12H,4,9H2,1-3H3,(H,18,19). The molecular weight excluding hydrogens is 314 g/mol. The maximum absolute atomic E-state index is 12.3. The van der Waals surface area contributed by atoms with Crippen molar-refractivity contribution >= 4 is 26.7 Å². The highest BCUT2D eigenvalue weighted by molar-refractivity contribution is 7.90. The van der Waals surface area contributed by atoms with Crippen LogP contribution in [-0.4, -0.2) is 21.4 Å². The lowest BCUT2D eigenvalue weighted by Gasteiger charge is -2.09. The second-order valence-corrected chi connectivity index (χ2v) is 7.52. The average Bonchev–Trinajstić information content (AvgIpc) is 2.51. The smallest absolute Gasteiger partial charge is 0.264 e. The van der Waals surface area contributed by atoms with Crippen LogP contribution in [0.2, 0.25) is 0 Å². The predicted octanol–water partition coefficient (Wildman–Crippen LogP) is 3.09. The van der Waals surface area contributed by atoms with Crippen LogP contribution in [0.3, 0.4) is 0 Å². The monoisotopic (exact) mass is 335 g/mol. The van der Waals surface area contributed by atoms with Crippen molar-refractivity contribution in [3.05, 3.63) is 36.4 Å². The lowest BCUT2D eigenvalue weighted by atomic mass is 10.1. The fraction of sp³-hybridized carbons (Fsp3) is 0.353. The van der Waals surface area contributed by atoms with Crippen molar-refractivity contribution < 1.29 is 17.9 Å². The number of sulfonamides is 1. The van der Waals surface area contributed by atoms with Gasteiger partial charge in [-0.3, -0.25) is 4.79 Å². The second-order valence-electron chi connectivity index (χ2n) is 5.84. The molecule has 1 N–H and O–H groups in total. The van der Waals surface area contributed by atoms with Gasteiger partial charge < -0.3 is 4.74 Å². The largest absolute Gasteiger partial charge is 0.497 e. The number of amides is 1. The number of hydrogen-bond acceptors (Lipinski definition) is 4. The number of methoxy groups -OCH3 is 1. The molecule has 0 saturated carbocycles. The zero-order chi connectivity index (χ0) is 17.0. The van der Waals surface area contributed by atoms with Gasteiger partial charge in [0.15, 0.2) is 0 Å². The molecule has 124 valence electrons. The SMILES string of the molecule is COc1ccc2cc(S(=O)(=O)NC(=O)CCC(C)C)ccc2c1. The number of fused-ring (bicyclic) bond motifs is 1. The Balaban J connectivity index is 2.22. The van der Waals surface area contributed by atoms with Crippen LogP contribution in [0.5, 0.6) is 5.75 Å². The van der Waals surface area contributed by atoms with Crippen molar-refractivity contribution in [2.45, 2.75) is 31.6 Å². The summed E-state index contributed by atoms with van der Waals surface area (Å²) >= 11 is 0. The van der Waals surface area contributed by atoms with E-state index in [0.717, 1.165) is 10.8 Å². The first kappa shape index (κ1) is 17.3. The fourth-order valence-corrected chi connectivity index (χ4v) is 3.22. The Kier molecular flexibility index (Phi) is 5.26. The van der Waals surface area contributed by atoms with Crippen molar-refractivity contribution in [3.8, 4) is 5.75 Å². The summed E-state index contributed by atoms with van der Waals surface area (Å²) < 4.78 is 31.9. The molecule has 0 unspecified atom stereocenters. The molecule has 0 radical (unpaired) electrons. The molecular formula is C17H21NO4S. The molecule has 2 aromatic rings. The van der Waals surface area contributed by atoms with Crippen LogP contribution in [0.1, 0.15) is 26.7 Å². The van der Waals surface area contributed by atoms with Crippen LogP contribution >= 0.6 is 0 Å². The lowest BCUT2D eigenvalue weighted by Crippen LogP contribution is -2.30. The van der Waals surface area contributed by atoms with E-state index in [0.29, 0.717) is 18.1 Å². The Bertz CT molecular complexity index is 812. The molecule has 2 aromatic carbocycles. The van der Waals surface area contributed by atoms with Gasteiger partial charge in [0, 0.05) is 6.42 Å². The van der Waals surface area contributed by atoms with E-state index < -0.39 is 15.9 Å². The third-order valence-electron chi connectivity index (χ3n) is 3.53. The molecule has 0 heterocycles. The number of ether oxygens (including phenoxy) is 1. The van der Waals surface area contributed by atoms with Crippen molar-refractivity contribution in [3.63, 3.8) is 0 Å². The minimum atomic E-state index is -3.85. The lowest BCUT2D eigenvalue weighted by molar-refractivity contribution is -0.119. The van der Waals surface area contributed by atoms with E-state index in [9.17, 15) is 13.2 Å². The van der Waals surface area contributed by atoms with Gasteiger partial charge >= 0.3 is 0 Å². The van der Waals surface area contributed by atoms with Gasteiger partial charge in [0.25, 0.3) is 10.0 Å². The van der Waals surface area contributed by atoms with E-state index in [4.69, 9.17) is 4.74 Å². The molecule has 0 spiro atoms. The van der Waals surface area contributed by atoms with Crippen LogP contribution in [0, 0.1) is 5.92 Å². The summed E-state index contributed by atoms with van der Waals surface area (Å²) in [5.41, 5.74) is 0. The van der Waals surface area contributed by atoms with Gasteiger partial charge in [0.05, 0.1) is 12.0 Å². The normalized spacial score (nSPS) is 11.7. The van der Waals surface area contributed by atoms with Gasteiger partial charge in [-0.2, -0.15) is 0 Å². The third kappa shape index (κ3) is 4.45. The molecule has 2 rings (SSSR count). The van der Waals surface area contributed by atoms with Gasteiger partial charge in [-0.05, 0) is 47.4 Å². The Morgan fingerprint density at radius 2 is 1.78 bits per heavy atom. The zero-order valence-corrected chi connectivity index (χ0v) is 14.3. The molecule has 23 heavy (non-hydrogen) atoms. The van der Waals surface area contributed by atoms with Crippen LogP contribution in [0.4, 0.5) is 0 Å². The summed E-state index contributed by atoms with van der Waals surface area (Å²) in [7, 11) is -2.27. The van der Waals surface area contributed by atoms with Gasteiger partial charge in [0.1, 0.15) is 5.75 Å². The number of carbonyl (C=O) groups excluding carboxylic acids is 1. The predicted molar refractivity (Wildman–Crippen MR) is 89.9 cm³/mol. The van der Waals surface area contributed by atoms with Crippen molar-refractivity contribution in [1.82, 2.24) is 4.72 Å². The van der Waals surface area contributed by atoms with Crippen molar-refractivity contribution in [2.24, 2.45) is 5.92 Å². The quantitative estimate of drug-likeness (QED) is 0.880. The molecule has 0 aromatic heterocycles. The number of nitrogens with one attached hydrogen (secondary N) is 1. The highest BCUT2D eigenvalue weighted by atomic mass is 32.2. The summed E-state index contributed by atoms with van der Waals surface area (Å²) in [6.45, 7) is 3.97. The summed E-state index contributed by atoms with van der Waals surface area (Å²) in [4.78, 5) is 11.9. The van der Waals surface area contributed by atoms with E-state index in [-0.39, 0.29) is 11.3 Å². The molecule has 1 amide bonds. The van der Waals surface area contributed by atoms with E-state index in [1.165, 1.54) is 6.07 Å². The number of benzene rings is 2. The van der Waals surface area contributed by atoms with E-state index in [1.54, 1.807) is 31.4 Å². The van der Waals surface area contributed by atoms with Gasteiger partial charge in [-0.15, -0.1) is 0 Å². The molecule has 6 heteroatoms. The number of carbonyl (C=O) groups is 1. The van der Waals surface area contributed by atoms with Gasteiger partial charge in [0.2, 0.25) is 5.91 Å². The highest BCUT2D eigenvalue weighted by Crippen LogP contribution is 2.23. The molecule has 0 saturated heterocycles. The Labute approximate surface area is 136 Å². The third-order valence-corrected chi connectivity index (χ3v) is 4.90. The molecule has 0 fully saturated rings. The minimum absolute atomic E-state index is 0.0769. The van der Waals surface area contributed by atoms with E-state index in [2.05, 4.69) is 4.72 Å². The van der Waals surface area contributed by atoms with Crippen molar-refractivity contribution in [1.29, 1.82) is 0 Å².